The van der Waals surface area contributed by atoms with Crippen LogP contribution in [-0.4, -0.2) is 36.4 Å². The molecule has 0 spiro atoms. The summed E-state index contributed by atoms with van der Waals surface area (Å²) in [6.07, 6.45) is 2.17. The summed E-state index contributed by atoms with van der Waals surface area (Å²) in [5.41, 5.74) is 2.35. The predicted octanol–water partition coefficient (Wildman–Crippen LogP) is 3.74. The number of thiazole rings is 1. The molecule has 0 saturated carbocycles. The fourth-order valence-corrected chi connectivity index (χ4v) is 5.03. The summed E-state index contributed by atoms with van der Waals surface area (Å²) in [6, 6.07) is 11.0. The van der Waals surface area contributed by atoms with Crippen molar-refractivity contribution in [3.8, 4) is 11.5 Å². The SMILES string of the molecule is CSc1nc2ccc(NC(=O)C3CC(=O)N(c4ccc5c(c4)OCO5)C3)cc2s1. The molecule has 1 saturated heterocycles. The van der Waals surface area contributed by atoms with Gasteiger partial charge in [0.05, 0.1) is 16.1 Å². The highest BCUT2D eigenvalue weighted by molar-refractivity contribution is 8.00. The van der Waals surface area contributed by atoms with Gasteiger partial charge in [-0.2, -0.15) is 0 Å². The van der Waals surface area contributed by atoms with Crippen molar-refractivity contribution in [1.29, 1.82) is 0 Å². The van der Waals surface area contributed by atoms with Gasteiger partial charge in [-0.05, 0) is 36.6 Å². The molecule has 0 bridgehead atoms. The van der Waals surface area contributed by atoms with E-state index in [4.69, 9.17) is 9.47 Å². The second-order valence-corrected chi connectivity index (χ2v) is 8.88. The van der Waals surface area contributed by atoms with Gasteiger partial charge in [0.2, 0.25) is 18.6 Å². The Kier molecular flexibility index (Phi) is 4.56. The lowest BCUT2D eigenvalue weighted by molar-refractivity contribution is -0.122. The molecule has 2 aliphatic heterocycles. The number of aromatic nitrogens is 1. The van der Waals surface area contributed by atoms with Crippen LogP contribution in [0.15, 0.2) is 40.7 Å². The van der Waals surface area contributed by atoms with E-state index in [1.165, 1.54) is 0 Å². The van der Waals surface area contributed by atoms with Gasteiger partial charge in [-0.15, -0.1) is 11.3 Å². The number of fused-ring (bicyclic) bond motifs is 2. The maximum Gasteiger partial charge on any atom is 0.231 e. The molecule has 1 atom stereocenters. The first-order valence-electron chi connectivity index (χ1n) is 9.06. The molecule has 148 valence electrons. The van der Waals surface area contributed by atoms with Crippen LogP contribution in [-0.2, 0) is 9.59 Å². The summed E-state index contributed by atoms with van der Waals surface area (Å²) in [7, 11) is 0. The van der Waals surface area contributed by atoms with Gasteiger partial charge in [-0.3, -0.25) is 9.59 Å². The predicted molar refractivity (Wildman–Crippen MR) is 113 cm³/mol. The Morgan fingerprint density at radius 2 is 2.10 bits per heavy atom. The Balaban J connectivity index is 1.30. The number of rotatable bonds is 4. The fraction of sp³-hybridized carbons (Fsp3) is 0.250. The van der Waals surface area contributed by atoms with Gasteiger partial charge >= 0.3 is 0 Å². The van der Waals surface area contributed by atoms with Gasteiger partial charge in [0, 0.05) is 30.4 Å². The van der Waals surface area contributed by atoms with Gasteiger partial charge in [0.25, 0.3) is 0 Å². The molecule has 1 N–H and O–H groups in total. The topological polar surface area (TPSA) is 80.8 Å². The Hall–Kier alpha value is -2.78. The van der Waals surface area contributed by atoms with E-state index in [2.05, 4.69) is 10.3 Å². The minimum Gasteiger partial charge on any atom is -0.454 e. The van der Waals surface area contributed by atoms with Crippen LogP contribution in [0.4, 0.5) is 11.4 Å². The first kappa shape index (κ1) is 18.3. The van der Waals surface area contributed by atoms with Crippen LogP contribution in [0.3, 0.4) is 0 Å². The molecular weight excluding hydrogens is 410 g/mol. The number of carbonyl (C=O) groups is 2. The highest BCUT2D eigenvalue weighted by atomic mass is 32.2. The second-order valence-electron chi connectivity index (χ2n) is 6.80. The number of thioether (sulfide) groups is 1. The number of hydrogen-bond acceptors (Lipinski definition) is 7. The molecular formula is C20H17N3O4S2. The van der Waals surface area contributed by atoms with Gasteiger partial charge in [-0.25, -0.2) is 4.98 Å². The lowest BCUT2D eigenvalue weighted by Gasteiger charge is -2.17. The molecule has 1 aromatic heterocycles. The Morgan fingerprint density at radius 1 is 1.24 bits per heavy atom. The number of nitrogens with one attached hydrogen (secondary N) is 1. The van der Waals surface area contributed by atoms with Crippen LogP contribution in [0.25, 0.3) is 10.2 Å². The van der Waals surface area contributed by atoms with Crippen LogP contribution in [0.5, 0.6) is 11.5 Å². The normalized spacial score (nSPS) is 17.9. The maximum atomic E-state index is 12.8. The molecule has 2 aliphatic rings. The standard InChI is InChI=1S/C20H17N3O4S2/c1-28-20-22-14-4-2-12(7-17(14)29-20)21-19(25)11-6-18(24)23(9-11)13-3-5-15-16(8-13)27-10-26-15/h2-5,7-8,11H,6,9-10H2,1H3,(H,21,25). The molecule has 29 heavy (non-hydrogen) atoms. The number of anilines is 2. The fourth-order valence-electron chi connectivity index (χ4n) is 3.50. The minimum absolute atomic E-state index is 0.0773. The molecule has 1 unspecified atom stereocenters. The van der Waals surface area contributed by atoms with Crippen LogP contribution in [0.1, 0.15) is 6.42 Å². The van der Waals surface area contributed by atoms with Crippen LogP contribution in [0, 0.1) is 5.92 Å². The van der Waals surface area contributed by atoms with E-state index in [0.29, 0.717) is 29.4 Å². The molecule has 2 amide bonds. The number of ether oxygens (including phenoxy) is 2. The van der Waals surface area contributed by atoms with E-state index in [0.717, 1.165) is 14.6 Å². The average Bonchev–Trinajstić information content (AvgIpc) is 3.44. The Bertz CT molecular complexity index is 1130. The van der Waals surface area contributed by atoms with Crippen molar-refractivity contribution in [1.82, 2.24) is 4.98 Å². The highest BCUT2D eigenvalue weighted by Gasteiger charge is 2.35. The van der Waals surface area contributed by atoms with Crippen molar-refractivity contribution in [2.45, 2.75) is 10.8 Å². The molecule has 3 aromatic rings. The van der Waals surface area contributed by atoms with E-state index in [1.807, 2.05) is 30.5 Å². The monoisotopic (exact) mass is 427 g/mol. The minimum atomic E-state index is -0.410. The summed E-state index contributed by atoms with van der Waals surface area (Å²) in [5.74, 6) is 0.636. The first-order chi connectivity index (χ1) is 14.1. The van der Waals surface area contributed by atoms with Gasteiger partial charge in [0.1, 0.15) is 0 Å². The first-order valence-corrected chi connectivity index (χ1v) is 11.1. The summed E-state index contributed by atoms with van der Waals surface area (Å²) in [4.78, 5) is 31.4. The molecule has 1 fully saturated rings. The van der Waals surface area contributed by atoms with E-state index in [9.17, 15) is 9.59 Å². The molecule has 5 rings (SSSR count). The Labute approximate surface area is 175 Å². The second kappa shape index (κ2) is 7.23. The van der Waals surface area contributed by atoms with Crippen LogP contribution < -0.4 is 19.7 Å². The number of carbonyl (C=O) groups excluding carboxylic acids is 2. The number of nitrogens with zero attached hydrogens (tertiary/aromatic N) is 2. The van der Waals surface area contributed by atoms with Crippen molar-refractivity contribution in [2.24, 2.45) is 5.92 Å². The highest BCUT2D eigenvalue weighted by Crippen LogP contribution is 2.37. The largest absolute Gasteiger partial charge is 0.454 e. The zero-order valence-electron chi connectivity index (χ0n) is 15.5. The van der Waals surface area contributed by atoms with Gasteiger partial charge in [-0.1, -0.05) is 11.8 Å². The third-order valence-corrected chi connectivity index (χ3v) is 6.98. The molecule has 7 nitrogen and oxygen atoms in total. The van der Waals surface area contributed by atoms with E-state index >= 15 is 0 Å². The zero-order chi connectivity index (χ0) is 20.0. The summed E-state index contributed by atoms with van der Waals surface area (Å²) in [6.45, 7) is 0.518. The summed E-state index contributed by atoms with van der Waals surface area (Å²) in [5, 5.41) is 2.95. The molecule has 0 aliphatic carbocycles. The molecule has 2 aromatic carbocycles. The summed E-state index contributed by atoms with van der Waals surface area (Å²) >= 11 is 3.20. The lowest BCUT2D eigenvalue weighted by atomic mass is 10.1. The quantitative estimate of drug-likeness (QED) is 0.639. The lowest BCUT2D eigenvalue weighted by Crippen LogP contribution is -2.28. The van der Waals surface area contributed by atoms with Gasteiger partial charge < -0.3 is 19.7 Å². The zero-order valence-corrected chi connectivity index (χ0v) is 17.1. The Morgan fingerprint density at radius 3 is 2.97 bits per heavy atom. The van der Waals surface area contributed by atoms with Gasteiger partial charge in [0.15, 0.2) is 15.8 Å². The van der Waals surface area contributed by atoms with Crippen molar-refractivity contribution >= 4 is 56.5 Å². The third-order valence-electron chi connectivity index (χ3n) is 4.97. The number of hydrogen-bond donors (Lipinski definition) is 1. The summed E-state index contributed by atoms with van der Waals surface area (Å²) < 4.78 is 12.7. The van der Waals surface area contributed by atoms with Crippen molar-refractivity contribution < 1.29 is 19.1 Å². The van der Waals surface area contributed by atoms with Crippen LogP contribution >= 0.6 is 23.1 Å². The number of benzene rings is 2. The molecule has 3 heterocycles. The molecule has 0 radical (unpaired) electrons. The smallest absolute Gasteiger partial charge is 0.231 e. The van der Waals surface area contributed by atoms with E-state index in [1.54, 1.807) is 40.1 Å². The number of amides is 2. The van der Waals surface area contributed by atoms with Crippen molar-refractivity contribution in [3.63, 3.8) is 0 Å². The molecule has 9 heteroatoms. The van der Waals surface area contributed by atoms with Crippen molar-refractivity contribution in [2.75, 3.05) is 29.8 Å². The van der Waals surface area contributed by atoms with Crippen LogP contribution in [0.2, 0.25) is 0 Å². The van der Waals surface area contributed by atoms with E-state index in [-0.39, 0.29) is 25.0 Å². The average molecular weight is 428 g/mol. The van der Waals surface area contributed by atoms with E-state index < -0.39 is 5.92 Å². The van der Waals surface area contributed by atoms with Crippen molar-refractivity contribution in [3.05, 3.63) is 36.4 Å². The maximum absolute atomic E-state index is 12.8. The third kappa shape index (κ3) is 3.40.